The molecule has 0 aliphatic carbocycles. The van der Waals surface area contributed by atoms with Gasteiger partial charge in [-0.3, -0.25) is 10.00 Å². The van der Waals surface area contributed by atoms with Crippen molar-refractivity contribution in [1.82, 2.24) is 20.3 Å². The van der Waals surface area contributed by atoms with Gasteiger partial charge in [0.25, 0.3) is 0 Å². The van der Waals surface area contributed by atoms with Gasteiger partial charge in [0, 0.05) is 24.1 Å². The maximum atomic E-state index is 5.54. The van der Waals surface area contributed by atoms with Crippen LogP contribution in [0.4, 0.5) is 0 Å². The van der Waals surface area contributed by atoms with E-state index in [1.165, 1.54) is 23.1 Å². The average Bonchev–Trinajstić information content (AvgIpc) is 3.42. The third kappa shape index (κ3) is 3.69. The van der Waals surface area contributed by atoms with Crippen molar-refractivity contribution in [3.63, 3.8) is 0 Å². The molecule has 0 bridgehead atoms. The molecule has 0 saturated carbocycles. The van der Waals surface area contributed by atoms with Crippen molar-refractivity contribution in [3.8, 4) is 11.3 Å². The van der Waals surface area contributed by atoms with E-state index in [-0.39, 0.29) is 0 Å². The van der Waals surface area contributed by atoms with Crippen molar-refractivity contribution in [2.45, 2.75) is 58.5 Å². The van der Waals surface area contributed by atoms with Crippen LogP contribution in [0.2, 0.25) is 0 Å². The zero-order chi connectivity index (χ0) is 18.8. The van der Waals surface area contributed by atoms with Gasteiger partial charge in [-0.1, -0.05) is 50.2 Å². The summed E-state index contributed by atoms with van der Waals surface area (Å²) in [6.45, 7) is 8.40. The van der Waals surface area contributed by atoms with E-state index in [9.17, 15) is 0 Å². The smallest absolute Gasteiger partial charge is 0.139 e. The molecule has 3 aromatic rings. The second kappa shape index (κ2) is 7.69. The van der Waals surface area contributed by atoms with Crippen molar-refractivity contribution in [1.29, 1.82) is 0 Å². The molecule has 2 aromatic heterocycles. The van der Waals surface area contributed by atoms with Crippen LogP contribution in [0.1, 0.15) is 68.2 Å². The Kier molecular flexibility index (Phi) is 5.12. The Morgan fingerprint density at radius 1 is 1.26 bits per heavy atom. The molecular formula is C22H28N4O. The fourth-order valence-electron chi connectivity index (χ4n) is 3.89. The summed E-state index contributed by atoms with van der Waals surface area (Å²) in [6, 6.07) is 11.2. The van der Waals surface area contributed by atoms with Crippen LogP contribution in [-0.4, -0.2) is 26.8 Å². The topological polar surface area (TPSA) is 58.0 Å². The molecule has 142 valence electrons. The number of benzene rings is 1. The number of hydrogen-bond donors (Lipinski definition) is 1. The molecule has 27 heavy (non-hydrogen) atoms. The maximum Gasteiger partial charge on any atom is 0.139 e. The monoisotopic (exact) mass is 364 g/mol. The molecule has 1 saturated heterocycles. The normalized spacial score (nSPS) is 17.9. The van der Waals surface area contributed by atoms with Crippen LogP contribution >= 0.6 is 0 Å². The third-order valence-corrected chi connectivity index (χ3v) is 5.56. The number of aryl methyl sites for hydroxylation is 1. The highest BCUT2D eigenvalue weighted by atomic mass is 16.5. The molecule has 1 fully saturated rings. The minimum absolute atomic E-state index is 0.325. The number of aromatic nitrogens is 3. The van der Waals surface area contributed by atoms with E-state index >= 15 is 0 Å². The lowest BCUT2D eigenvalue weighted by atomic mass is 10.0. The Morgan fingerprint density at radius 2 is 2.07 bits per heavy atom. The first kappa shape index (κ1) is 18.0. The fourth-order valence-corrected chi connectivity index (χ4v) is 3.89. The van der Waals surface area contributed by atoms with Crippen LogP contribution in [0.5, 0.6) is 0 Å². The Labute approximate surface area is 160 Å². The molecule has 5 nitrogen and oxygen atoms in total. The largest absolute Gasteiger partial charge is 0.361 e. The van der Waals surface area contributed by atoms with Gasteiger partial charge in [0.1, 0.15) is 11.5 Å². The van der Waals surface area contributed by atoms with Crippen molar-refractivity contribution >= 4 is 0 Å². The van der Waals surface area contributed by atoms with E-state index in [2.05, 4.69) is 71.4 Å². The standard InChI is InChI=1S/C22H28N4O/c1-4-16-7-9-17(10-8-16)22-18(13-23-24-22)14-26-11-5-6-20(26)19-12-21(15(2)3)27-25-19/h7-10,12-13,15,20H,4-6,11,14H2,1-3H3,(H,23,24). The highest BCUT2D eigenvalue weighted by Gasteiger charge is 2.29. The van der Waals surface area contributed by atoms with Crippen LogP contribution in [0.15, 0.2) is 41.1 Å². The third-order valence-electron chi connectivity index (χ3n) is 5.56. The molecule has 5 heteroatoms. The number of nitrogens with zero attached hydrogens (tertiary/aromatic N) is 3. The number of nitrogens with one attached hydrogen (secondary N) is 1. The predicted molar refractivity (Wildman–Crippen MR) is 106 cm³/mol. The first-order chi connectivity index (χ1) is 13.2. The van der Waals surface area contributed by atoms with Gasteiger partial charge >= 0.3 is 0 Å². The summed E-state index contributed by atoms with van der Waals surface area (Å²) in [4.78, 5) is 2.50. The van der Waals surface area contributed by atoms with Gasteiger partial charge in [-0.2, -0.15) is 5.10 Å². The number of hydrogen-bond acceptors (Lipinski definition) is 4. The molecule has 1 N–H and O–H groups in total. The Hall–Kier alpha value is -2.40. The number of likely N-dealkylation sites (tertiary alicyclic amines) is 1. The molecule has 0 spiro atoms. The first-order valence-corrected chi connectivity index (χ1v) is 9.97. The average molecular weight is 364 g/mol. The van der Waals surface area contributed by atoms with E-state index in [4.69, 9.17) is 4.52 Å². The fraction of sp³-hybridized carbons (Fsp3) is 0.455. The lowest BCUT2D eigenvalue weighted by molar-refractivity contribution is 0.236. The quantitative estimate of drug-likeness (QED) is 0.662. The Morgan fingerprint density at radius 3 is 2.78 bits per heavy atom. The van der Waals surface area contributed by atoms with Crippen LogP contribution in [0.25, 0.3) is 11.3 Å². The molecule has 1 unspecified atom stereocenters. The molecule has 1 aliphatic rings. The molecule has 1 aliphatic heterocycles. The summed E-state index contributed by atoms with van der Waals surface area (Å²) in [5.74, 6) is 1.34. The van der Waals surface area contributed by atoms with Crippen molar-refractivity contribution in [3.05, 3.63) is 59.1 Å². The second-order valence-electron chi connectivity index (χ2n) is 7.76. The summed E-state index contributed by atoms with van der Waals surface area (Å²) in [5, 5.41) is 11.9. The minimum Gasteiger partial charge on any atom is -0.361 e. The number of H-pyrrole nitrogens is 1. The van der Waals surface area contributed by atoms with Gasteiger partial charge in [0.05, 0.1) is 17.9 Å². The van der Waals surface area contributed by atoms with E-state index in [0.29, 0.717) is 12.0 Å². The summed E-state index contributed by atoms with van der Waals surface area (Å²) in [6.07, 6.45) is 5.33. The number of aromatic amines is 1. The van der Waals surface area contributed by atoms with E-state index in [0.717, 1.165) is 43.1 Å². The SMILES string of the molecule is CCc1ccc(-c2[nH]ncc2CN2CCCC2c2cc(C(C)C)on2)cc1. The summed E-state index contributed by atoms with van der Waals surface area (Å²) < 4.78 is 5.54. The highest BCUT2D eigenvalue weighted by Crippen LogP contribution is 2.35. The van der Waals surface area contributed by atoms with E-state index in [1.54, 1.807) is 0 Å². The molecule has 0 amide bonds. The maximum absolute atomic E-state index is 5.54. The zero-order valence-electron chi connectivity index (χ0n) is 16.4. The molecule has 0 radical (unpaired) electrons. The van der Waals surface area contributed by atoms with Crippen molar-refractivity contribution in [2.24, 2.45) is 0 Å². The van der Waals surface area contributed by atoms with Crippen molar-refractivity contribution < 1.29 is 4.52 Å². The Balaban J connectivity index is 1.54. The minimum atomic E-state index is 0.325. The predicted octanol–water partition coefficient (Wildman–Crippen LogP) is 5.09. The van der Waals surface area contributed by atoms with Crippen LogP contribution in [-0.2, 0) is 13.0 Å². The summed E-state index contributed by atoms with van der Waals surface area (Å²) >= 11 is 0. The van der Waals surface area contributed by atoms with Crippen LogP contribution < -0.4 is 0 Å². The zero-order valence-corrected chi connectivity index (χ0v) is 16.4. The van der Waals surface area contributed by atoms with Gasteiger partial charge < -0.3 is 4.52 Å². The summed E-state index contributed by atoms with van der Waals surface area (Å²) in [7, 11) is 0. The molecule has 1 aromatic carbocycles. The van der Waals surface area contributed by atoms with Crippen LogP contribution in [0, 0.1) is 0 Å². The number of rotatable bonds is 6. The van der Waals surface area contributed by atoms with Gasteiger partial charge in [-0.15, -0.1) is 0 Å². The lowest BCUT2D eigenvalue weighted by Crippen LogP contribution is -2.23. The van der Waals surface area contributed by atoms with Gasteiger partial charge in [0.2, 0.25) is 0 Å². The molecule has 1 atom stereocenters. The van der Waals surface area contributed by atoms with Crippen molar-refractivity contribution in [2.75, 3.05) is 6.54 Å². The van der Waals surface area contributed by atoms with E-state index < -0.39 is 0 Å². The second-order valence-corrected chi connectivity index (χ2v) is 7.76. The summed E-state index contributed by atoms with van der Waals surface area (Å²) in [5.41, 5.74) is 5.96. The molecule has 4 rings (SSSR count). The van der Waals surface area contributed by atoms with Gasteiger partial charge in [-0.25, -0.2) is 0 Å². The van der Waals surface area contributed by atoms with Gasteiger partial charge in [0.15, 0.2) is 0 Å². The van der Waals surface area contributed by atoms with Gasteiger partial charge in [-0.05, 0) is 36.9 Å². The van der Waals surface area contributed by atoms with E-state index in [1.807, 2.05) is 6.20 Å². The Bertz CT molecular complexity index is 878. The highest BCUT2D eigenvalue weighted by molar-refractivity contribution is 5.62. The molecule has 3 heterocycles. The lowest BCUT2D eigenvalue weighted by Gasteiger charge is -2.22. The van der Waals surface area contributed by atoms with Crippen LogP contribution in [0.3, 0.4) is 0 Å². The first-order valence-electron chi connectivity index (χ1n) is 9.97. The molecular weight excluding hydrogens is 336 g/mol.